The topological polar surface area (TPSA) is 81.9 Å². The van der Waals surface area contributed by atoms with Crippen LogP contribution in [0, 0.1) is 0 Å². The lowest BCUT2D eigenvalue weighted by Crippen LogP contribution is -2.43. The van der Waals surface area contributed by atoms with Gasteiger partial charge < -0.3 is 18.8 Å². The zero-order valence-electron chi connectivity index (χ0n) is 20.7. The van der Waals surface area contributed by atoms with Crippen LogP contribution < -0.4 is 9.47 Å². The second-order valence-corrected chi connectivity index (χ2v) is 9.13. The number of carbonyl (C=O) groups is 1. The van der Waals surface area contributed by atoms with Crippen LogP contribution in [0.4, 0.5) is 13.2 Å². The second-order valence-electron chi connectivity index (χ2n) is 9.13. The summed E-state index contributed by atoms with van der Waals surface area (Å²) >= 11 is 0. The van der Waals surface area contributed by atoms with E-state index in [2.05, 4.69) is 15.0 Å². The van der Waals surface area contributed by atoms with Crippen molar-refractivity contribution >= 4 is 22.3 Å². The molecule has 1 amide bonds. The molecule has 0 N–H and O–H groups in total. The highest BCUT2D eigenvalue weighted by molar-refractivity contribution is 5.84. The first-order chi connectivity index (χ1) is 18.8. The maximum Gasteiger partial charge on any atom is 0.416 e. The summed E-state index contributed by atoms with van der Waals surface area (Å²) < 4.78 is 52.6. The Labute approximate surface area is 220 Å². The highest BCUT2D eigenvalue weighted by atomic mass is 19.4. The molecule has 3 aromatic heterocycles. The SMILES string of the molecule is COc1ncc(C2c3c(nc4cc(C(F)(F)F)ccn34)CCN2C(=O)COc2ccc3ccccc3c2)cn1. The maximum absolute atomic E-state index is 13.6. The van der Waals surface area contributed by atoms with Gasteiger partial charge in [-0.05, 0) is 35.0 Å². The van der Waals surface area contributed by atoms with Gasteiger partial charge in [0.2, 0.25) is 0 Å². The number of nitrogens with zero attached hydrogens (tertiary/aromatic N) is 5. The van der Waals surface area contributed by atoms with Gasteiger partial charge in [-0.25, -0.2) is 15.0 Å². The lowest BCUT2D eigenvalue weighted by molar-refractivity contribution is -0.137. The van der Waals surface area contributed by atoms with Gasteiger partial charge in [-0.2, -0.15) is 13.2 Å². The Morgan fingerprint density at radius 1 is 1.05 bits per heavy atom. The fourth-order valence-electron chi connectivity index (χ4n) is 4.93. The third kappa shape index (κ3) is 4.60. The molecule has 1 atom stereocenters. The Bertz CT molecular complexity index is 1680. The number of hydrogen-bond acceptors (Lipinski definition) is 6. The number of aromatic nitrogens is 4. The summed E-state index contributed by atoms with van der Waals surface area (Å²) in [6, 6.07) is 14.9. The third-order valence-corrected chi connectivity index (χ3v) is 6.78. The molecule has 0 radical (unpaired) electrons. The van der Waals surface area contributed by atoms with E-state index < -0.39 is 17.8 Å². The van der Waals surface area contributed by atoms with Crippen LogP contribution in [0.3, 0.4) is 0 Å². The van der Waals surface area contributed by atoms with E-state index in [1.165, 1.54) is 13.3 Å². The van der Waals surface area contributed by atoms with Crippen LogP contribution >= 0.6 is 0 Å². The summed E-state index contributed by atoms with van der Waals surface area (Å²) in [5.74, 6) is 0.259. The summed E-state index contributed by atoms with van der Waals surface area (Å²) in [7, 11) is 1.44. The molecule has 39 heavy (non-hydrogen) atoms. The minimum atomic E-state index is -4.50. The summed E-state index contributed by atoms with van der Waals surface area (Å²) in [6.07, 6.45) is 0.285. The Morgan fingerprint density at radius 2 is 1.82 bits per heavy atom. The van der Waals surface area contributed by atoms with Gasteiger partial charge >= 0.3 is 12.2 Å². The maximum atomic E-state index is 13.6. The number of carbonyl (C=O) groups excluding carboxylic acids is 1. The van der Waals surface area contributed by atoms with E-state index in [9.17, 15) is 18.0 Å². The molecule has 0 spiro atoms. The quantitative estimate of drug-likeness (QED) is 0.321. The average Bonchev–Trinajstić information content (AvgIpc) is 3.33. The second kappa shape index (κ2) is 9.57. The zero-order chi connectivity index (χ0) is 27.1. The fourth-order valence-corrected chi connectivity index (χ4v) is 4.93. The standard InChI is InChI=1S/C28H22F3N5O3/c1-38-27-32-14-19(15-33-27)25-26-22(34-23-13-20(28(29,30)31)8-10-35(23)26)9-11-36(25)24(37)16-39-21-7-6-17-4-2-3-5-18(17)12-21/h2-8,10,12-15,25H,9,11,16H2,1H3. The molecule has 1 aliphatic rings. The number of halogens is 3. The molecule has 5 aromatic rings. The zero-order valence-corrected chi connectivity index (χ0v) is 20.7. The number of methoxy groups -OCH3 is 1. The van der Waals surface area contributed by atoms with Crippen molar-refractivity contribution in [1.82, 2.24) is 24.3 Å². The van der Waals surface area contributed by atoms with E-state index in [4.69, 9.17) is 9.47 Å². The molecule has 11 heteroatoms. The Morgan fingerprint density at radius 3 is 2.56 bits per heavy atom. The largest absolute Gasteiger partial charge is 0.484 e. The molecule has 0 fully saturated rings. The van der Waals surface area contributed by atoms with Crippen LogP contribution in [-0.2, 0) is 17.4 Å². The van der Waals surface area contributed by atoms with Crippen LogP contribution in [0.25, 0.3) is 16.4 Å². The lowest BCUT2D eigenvalue weighted by atomic mass is 9.97. The summed E-state index contributed by atoms with van der Waals surface area (Å²) in [4.78, 5) is 28.0. The fraction of sp³-hybridized carbons (Fsp3) is 0.214. The number of hydrogen-bond donors (Lipinski definition) is 0. The van der Waals surface area contributed by atoms with E-state index in [0.29, 0.717) is 35.7 Å². The molecular formula is C28H22F3N5O3. The molecule has 0 aliphatic carbocycles. The number of rotatable bonds is 5. The number of ether oxygens (including phenoxy) is 2. The Hall–Kier alpha value is -4.67. The van der Waals surface area contributed by atoms with Crippen molar-refractivity contribution in [1.29, 1.82) is 0 Å². The van der Waals surface area contributed by atoms with Crippen LogP contribution in [0.5, 0.6) is 11.8 Å². The van der Waals surface area contributed by atoms with Gasteiger partial charge in [0.05, 0.1) is 24.1 Å². The van der Waals surface area contributed by atoms with Crippen molar-refractivity contribution < 1.29 is 27.4 Å². The van der Waals surface area contributed by atoms with Crippen molar-refractivity contribution in [3.05, 3.63) is 95.7 Å². The highest BCUT2D eigenvalue weighted by Gasteiger charge is 2.37. The van der Waals surface area contributed by atoms with Gasteiger partial charge in [0.15, 0.2) is 6.61 Å². The number of pyridine rings is 1. The predicted octanol–water partition coefficient (Wildman–Crippen LogP) is 4.86. The molecular weight excluding hydrogens is 511 g/mol. The molecule has 1 unspecified atom stereocenters. The minimum absolute atomic E-state index is 0.149. The van der Waals surface area contributed by atoms with E-state index in [0.717, 1.165) is 22.9 Å². The summed E-state index contributed by atoms with van der Waals surface area (Å²) in [5, 5.41) is 2.04. The molecule has 8 nitrogen and oxygen atoms in total. The number of benzene rings is 2. The van der Waals surface area contributed by atoms with Crippen molar-refractivity contribution in [3.63, 3.8) is 0 Å². The molecule has 0 saturated carbocycles. The minimum Gasteiger partial charge on any atom is -0.484 e. The first-order valence-electron chi connectivity index (χ1n) is 12.2. The smallest absolute Gasteiger partial charge is 0.416 e. The monoisotopic (exact) mass is 533 g/mol. The highest BCUT2D eigenvalue weighted by Crippen LogP contribution is 2.37. The molecule has 1 aliphatic heterocycles. The van der Waals surface area contributed by atoms with Gasteiger partial charge in [0.25, 0.3) is 5.91 Å². The van der Waals surface area contributed by atoms with Gasteiger partial charge in [-0.1, -0.05) is 30.3 Å². The molecule has 0 saturated heterocycles. The number of fused-ring (bicyclic) bond motifs is 4. The van der Waals surface area contributed by atoms with Crippen molar-refractivity contribution in [2.24, 2.45) is 0 Å². The Kier molecular flexibility index (Phi) is 6.05. The van der Waals surface area contributed by atoms with Gasteiger partial charge in [-0.3, -0.25) is 4.79 Å². The van der Waals surface area contributed by atoms with E-state index in [1.807, 2.05) is 36.4 Å². The molecule has 2 aromatic carbocycles. The summed E-state index contributed by atoms with van der Waals surface area (Å²) in [5.41, 5.74) is 1.11. The first kappa shape index (κ1) is 24.7. The number of amides is 1. The molecule has 198 valence electrons. The number of imidazole rings is 1. The number of alkyl halides is 3. The van der Waals surface area contributed by atoms with Crippen molar-refractivity contribution in [3.8, 4) is 11.8 Å². The average molecular weight is 534 g/mol. The van der Waals surface area contributed by atoms with E-state index in [-0.39, 0.29) is 24.2 Å². The van der Waals surface area contributed by atoms with Crippen LogP contribution in [0.2, 0.25) is 0 Å². The van der Waals surface area contributed by atoms with Gasteiger partial charge in [0.1, 0.15) is 17.4 Å². The third-order valence-electron chi connectivity index (χ3n) is 6.78. The van der Waals surface area contributed by atoms with Crippen LogP contribution in [-0.4, -0.2) is 50.4 Å². The van der Waals surface area contributed by atoms with Gasteiger partial charge in [-0.15, -0.1) is 0 Å². The van der Waals surface area contributed by atoms with Crippen molar-refractivity contribution in [2.45, 2.75) is 18.6 Å². The molecule has 0 bridgehead atoms. The first-order valence-corrected chi connectivity index (χ1v) is 12.2. The Balaban J connectivity index is 1.35. The van der Waals surface area contributed by atoms with E-state index >= 15 is 0 Å². The van der Waals surface area contributed by atoms with Crippen LogP contribution in [0.1, 0.15) is 28.6 Å². The van der Waals surface area contributed by atoms with Crippen LogP contribution in [0.15, 0.2) is 73.2 Å². The summed E-state index contributed by atoms with van der Waals surface area (Å²) in [6.45, 7) is 0.0652. The predicted molar refractivity (Wildman–Crippen MR) is 135 cm³/mol. The molecule has 4 heterocycles. The normalized spacial score (nSPS) is 15.4. The van der Waals surface area contributed by atoms with E-state index in [1.54, 1.807) is 27.8 Å². The van der Waals surface area contributed by atoms with Crippen molar-refractivity contribution in [2.75, 3.05) is 20.3 Å². The lowest BCUT2D eigenvalue weighted by Gasteiger charge is -2.35. The molecule has 6 rings (SSSR count). The van der Waals surface area contributed by atoms with Gasteiger partial charge in [0, 0.05) is 37.1 Å².